The second-order valence-corrected chi connectivity index (χ2v) is 6.08. The fourth-order valence-corrected chi connectivity index (χ4v) is 3.15. The van der Waals surface area contributed by atoms with Gasteiger partial charge in [0.15, 0.2) is 0 Å². The van der Waals surface area contributed by atoms with Gasteiger partial charge in [-0.15, -0.1) is 0 Å². The summed E-state index contributed by atoms with van der Waals surface area (Å²) in [6, 6.07) is 10.4. The highest BCUT2D eigenvalue weighted by Crippen LogP contribution is 2.50. The van der Waals surface area contributed by atoms with Crippen LogP contribution in [-0.4, -0.2) is 30.4 Å². The lowest BCUT2D eigenvalue weighted by Gasteiger charge is -2.23. The first kappa shape index (κ1) is 12.7. The summed E-state index contributed by atoms with van der Waals surface area (Å²) in [5, 5.41) is 0. The zero-order chi connectivity index (χ0) is 13.3. The summed E-state index contributed by atoms with van der Waals surface area (Å²) in [6.45, 7) is 2.47. The molecule has 1 aliphatic carbocycles. The molecule has 3 rings (SSSR count). The van der Waals surface area contributed by atoms with Crippen LogP contribution in [0.4, 0.5) is 0 Å². The Morgan fingerprint density at radius 3 is 2.63 bits per heavy atom. The van der Waals surface area contributed by atoms with Crippen molar-refractivity contribution in [1.82, 2.24) is 4.90 Å². The highest BCUT2D eigenvalue weighted by atomic mass is 16.2. The van der Waals surface area contributed by atoms with Crippen molar-refractivity contribution in [3.05, 3.63) is 35.9 Å². The van der Waals surface area contributed by atoms with Crippen LogP contribution >= 0.6 is 0 Å². The SMILES string of the molecule is NCC1CCN(C(=O)C2(Cc3ccccc3)CC2)C1. The number of nitrogens with two attached hydrogens (primary N) is 1. The van der Waals surface area contributed by atoms with E-state index in [1.807, 2.05) is 11.0 Å². The molecule has 19 heavy (non-hydrogen) atoms. The summed E-state index contributed by atoms with van der Waals surface area (Å²) in [4.78, 5) is 14.7. The zero-order valence-electron chi connectivity index (χ0n) is 11.3. The average molecular weight is 258 g/mol. The Labute approximate surface area is 114 Å². The van der Waals surface area contributed by atoms with Gasteiger partial charge in [-0.25, -0.2) is 0 Å². The van der Waals surface area contributed by atoms with E-state index in [9.17, 15) is 4.79 Å². The van der Waals surface area contributed by atoms with Crippen LogP contribution in [0.1, 0.15) is 24.8 Å². The minimum atomic E-state index is -0.0924. The van der Waals surface area contributed by atoms with Crippen LogP contribution in [-0.2, 0) is 11.2 Å². The zero-order valence-corrected chi connectivity index (χ0v) is 11.3. The van der Waals surface area contributed by atoms with Crippen molar-refractivity contribution in [3.63, 3.8) is 0 Å². The van der Waals surface area contributed by atoms with Gasteiger partial charge in [0.1, 0.15) is 0 Å². The third kappa shape index (κ3) is 2.52. The third-order valence-corrected chi connectivity index (χ3v) is 4.60. The number of nitrogens with zero attached hydrogens (tertiary/aromatic N) is 1. The van der Waals surface area contributed by atoms with E-state index in [0.29, 0.717) is 18.4 Å². The van der Waals surface area contributed by atoms with Crippen molar-refractivity contribution < 1.29 is 4.79 Å². The van der Waals surface area contributed by atoms with Crippen molar-refractivity contribution in [2.45, 2.75) is 25.7 Å². The molecule has 0 radical (unpaired) electrons. The molecule has 102 valence electrons. The standard InChI is InChI=1S/C16H22N2O/c17-11-14-6-9-18(12-14)15(19)16(7-8-16)10-13-4-2-1-3-5-13/h1-5,14H,6-12,17H2. The number of benzene rings is 1. The van der Waals surface area contributed by atoms with E-state index in [0.717, 1.165) is 38.8 Å². The maximum absolute atomic E-state index is 12.7. The van der Waals surface area contributed by atoms with E-state index in [2.05, 4.69) is 24.3 Å². The lowest BCUT2D eigenvalue weighted by molar-refractivity contribution is -0.136. The van der Waals surface area contributed by atoms with Crippen LogP contribution in [0.2, 0.25) is 0 Å². The maximum atomic E-state index is 12.7. The molecule has 0 bridgehead atoms. The molecule has 1 aromatic rings. The minimum Gasteiger partial charge on any atom is -0.342 e. The molecule has 1 aromatic carbocycles. The predicted octanol–water partition coefficient (Wildman–Crippen LogP) is 1.82. The number of hydrogen-bond donors (Lipinski definition) is 1. The normalized spacial score (nSPS) is 24.5. The van der Waals surface area contributed by atoms with E-state index in [-0.39, 0.29) is 5.41 Å². The van der Waals surface area contributed by atoms with E-state index < -0.39 is 0 Å². The van der Waals surface area contributed by atoms with Crippen LogP contribution in [0, 0.1) is 11.3 Å². The predicted molar refractivity (Wildman–Crippen MR) is 75.6 cm³/mol. The highest BCUT2D eigenvalue weighted by molar-refractivity contribution is 5.86. The van der Waals surface area contributed by atoms with Crippen LogP contribution in [0.3, 0.4) is 0 Å². The average Bonchev–Trinajstić information content (AvgIpc) is 3.06. The van der Waals surface area contributed by atoms with Gasteiger partial charge in [0.2, 0.25) is 5.91 Å². The Morgan fingerprint density at radius 1 is 1.32 bits per heavy atom. The summed E-state index contributed by atoms with van der Waals surface area (Å²) < 4.78 is 0. The summed E-state index contributed by atoms with van der Waals surface area (Å²) in [7, 11) is 0. The van der Waals surface area contributed by atoms with Gasteiger partial charge < -0.3 is 10.6 Å². The van der Waals surface area contributed by atoms with Gasteiger partial charge in [-0.05, 0) is 43.7 Å². The molecule has 2 aliphatic rings. The van der Waals surface area contributed by atoms with Crippen molar-refractivity contribution in [1.29, 1.82) is 0 Å². The first-order chi connectivity index (χ1) is 9.23. The Morgan fingerprint density at radius 2 is 2.05 bits per heavy atom. The lowest BCUT2D eigenvalue weighted by Crippen LogP contribution is -2.37. The molecule has 1 heterocycles. The second-order valence-electron chi connectivity index (χ2n) is 6.08. The number of likely N-dealkylation sites (tertiary alicyclic amines) is 1. The molecule has 1 amide bonds. The van der Waals surface area contributed by atoms with Gasteiger partial charge in [-0.2, -0.15) is 0 Å². The highest BCUT2D eigenvalue weighted by Gasteiger charge is 2.52. The Bertz CT molecular complexity index is 453. The number of hydrogen-bond acceptors (Lipinski definition) is 2. The molecule has 1 saturated heterocycles. The summed E-state index contributed by atoms with van der Waals surface area (Å²) >= 11 is 0. The Hall–Kier alpha value is -1.35. The first-order valence-corrected chi connectivity index (χ1v) is 7.27. The molecule has 1 atom stereocenters. The van der Waals surface area contributed by atoms with Gasteiger partial charge in [0.05, 0.1) is 5.41 Å². The van der Waals surface area contributed by atoms with Gasteiger partial charge in [0, 0.05) is 13.1 Å². The fraction of sp³-hybridized carbons (Fsp3) is 0.562. The molecule has 1 aliphatic heterocycles. The molecular formula is C16H22N2O. The molecule has 1 saturated carbocycles. The van der Waals surface area contributed by atoms with Crippen molar-refractivity contribution in [2.24, 2.45) is 17.1 Å². The Balaban J connectivity index is 1.66. The quantitative estimate of drug-likeness (QED) is 0.895. The van der Waals surface area contributed by atoms with Crippen molar-refractivity contribution in [3.8, 4) is 0 Å². The van der Waals surface area contributed by atoms with Gasteiger partial charge in [0.25, 0.3) is 0 Å². The van der Waals surface area contributed by atoms with Crippen molar-refractivity contribution >= 4 is 5.91 Å². The van der Waals surface area contributed by atoms with E-state index >= 15 is 0 Å². The topological polar surface area (TPSA) is 46.3 Å². The number of carbonyl (C=O) groups is 1. The van der Waals surface area contributed by atoms with Gasteiger partial charge in [-0.3, -0.25) is 4.79 Å². The number of carbonyl (C=O) groups excluding carboxylic acids is 1. The van der Waals surface area contributed by atoms with E-state index in [1.54, 1.807) is 0 Å². The van der Waals surface area contributed by atoms with Crippen LogP contribution in [0.25, 0.3) is 0 Å². The molecule has 2 fully saturated rings. The van der Waals surface area contributed by atoms with E-state index in [4.69, 9.17) is 5.73 Å². The largest absolute Gasteiger partial charge is 0.342 e. The third-order valence-electron chi connectivity index (χ3n) is 4.60. The molecule has 3 heteroatoms. The van der Waals surface area contributed by atoms with Crippen LogP contribution in [0.5, 0.6) is 0 Å². The fourth-order valence-electron chi connectivity index (χ4n) is 3.15. The number of rotatable bonds is 4. The maximum Gasteiger partial charge on any atom is 0.229 e. The smallest absolute Gasteiger partial charge is 0.229 e. The molecule has 2 N–H and O–H groups in total. The Kier molecular flexibility index (Phi) is 3.31. The van der Waals surface area contributed by atoms with Crippen LogP contribution in [0.15, 0.2) is 30.3 Å². The van der Waals surface area contributed by atoms with Crippen molar-refractivity contribution in [2.75, 3.05) is 19.6 Å². The summed E-state index contributed by atoms with van der Waals surface area (Å²) in [5.74, 6) is 0.878. The molecular weight excluding hydrogens is 236 g/mol. The second kappa shape index (κ2) is 4.97. The van der Waals surface area contributed by atoms with E-state index in [1.165, 1.54) is 5.56 Å². The van der Waals surface area contributed by atoms with Crippen LogP contribution < -0.4 is 5.73 Å². The molecule has 0 aromatic heterocycles. The summed E-state index contributed by atoms with van der Waals surface area (Å²) in [6.07, 6.45) is 4.06. The lowest BCUT2D eigenvalue weighted by atomic mass is 9.95. The minimum absolute atomic E-state index is 0.0924. The molecule has 1 unspecified atom stereocenters. The van der Waals surface area contributed by atoms with Gasteiger partial charge >= 0.3 is 0 Å². The monoisotopic (exact) mass is 258 g/mol. The number of amides is 1. The summed E-state index contributed by atoms with van der Waals surface area (Å²) in [5.41, 5.74) is 6.89. The first-order valence-electron chi connectivity index (χ1n) is 7.27. The molecule has 3 nitrogen and oxygen atoms in total. The molecule has 0 spiro atoms. The van der Waals surface area contributed by atoms with Gasteiger partial charge in [-0.1, -0.05) is 30.3 Å².